The zero-order valence-corrected chi connectivity index (χ0v) is 13.2. The first-order valence-corrected chi connectivity index (χ1v) is 8.07. The van der Waals surface area contributed by atoms with Gasteiger partial charge in [0, 0.05) is 18.7 Å². The van der Waals surface area contributed by atoms with Gasteiger partial charge in [-0.1, -0.05) is 6.07 Å². The number of aromatic nitrogens is 1. The molecule has 1 saturated heterocycles. The van der Waals surface area contributed by atoms with E-state index in [9.17, 15) is 4.79 Å². The molecule has 1 aromatic heterocycles. The molecule has 2 rings (SSSR count). The van der Waals surface area contributed by atoms with Crippen LogP contribution in [0.25, 0.3) is 0 Å². The van der Waals surface area contributed by atoms with E-state index in [1.165, 1.54) is 12.8 Å². The minimum atomic E-state index is 0.212. The molecular weight excluding hydrogens is 262 g/mol. The lowest BCUT2D eigenvalue weighted by Gasteiger charge is -2.28. The molecule has 1 N–H and O–H groups in total. The van der Waals surface area contributed by atoms with Gasteiger partial charge in [-0.15, -0.1) is 0 Å². The van der Waals surface area contributed by atoms with Crippen LogP contribution >= 0.6 is 0 Å². The molecule has 4 nitrogen and oxygen atoms in total. The number of hydrogen-bond donors (Lipinski definition) is 1. The Bertz CT molecular complexity index is 427. The fourth-order valence-electron chi connectivity index (χ4n) is 2.87. The van der Waals surface area contributed by atoms with Crippen LogP contribution in [-0.4, -0.2) is 34.9 Å². The van der Waals surface area contributed by atoms with Crippen LogP contribution in [0.1, 0.15) is 45.2 Å². The second kappa shape index (κ2) is 8.13. The molecule has 4 heteroatoms. The Hall–Kier alpha value is -1.42. The van der Waals surface area contributed by atoms with Gasteiger partial charge in [-0.3, -0.25) is 9.78 Å². The SMILES string of the molecule is CC(C)N(Cc1ccccn1)C(=O)CCC1CCCNC1. The molecule has 1 amide bonds. The third kappa shape index (κ3) is 5.12. The van der Waals surface area contributed by atoms with Gasteiger partial charge < -0.3 is 10.2 Å². The highest BCUT2D eigenvalue weighted by Crippen LogP contribution is 2.18. The van der Waals surface area contributed by atoms with Crippen LogP contribution in [0.4, 0.5) is 0 Å². The van der Waals surface area contributed by atoms with Crippen molar-refractivity contribution in [2.45, 2.75) is 52.1 Å². The summed E-state index contributed by atoms with van der Waals surface area (Å²) in [6, 6.07) is 6.07. The van der Waals surface area contributed by atoms with Crippen molar-refractivity contribution >= 4 is 5.91 Å². The van der Waals surface area contributed by atoms with Gasteiger partial charge in [0.05, 0.1) is 12.2 Å². The molecule has 0 bridgehead atoms. The first kappa shape index (κ1) is 16.0. The quantitative estimate of drug-likeness (QED) is 0.875. The van der Waals surface area contributed by atoms with Gasteiger partial charge in [-0.05, 0) is 64.3 Å². The lowest BCUT2D eigenvalue weighted by molar-refractivity contribution is -0.134. The second-order valence-electron chi connectivity index (χ2n) is 6.19. The van der Waals surface area contributed by atoms with E-state index in [1.807, 2.05) is 23.1 Å². The molecule has 0 saturated carbocycles. The Morgan fingerprint density at radius 1 is 1.48 bits per heavy atom. The molecule has 0 aromatic carbocycles. The van der Waals surface area contributed by atoms with Gasteiger partial charge in [0.25, 0.3) is 0 Å². The summed E-state index contributed by atoms with van der Waals surface area (Å²) in [4.78, 5) is 18.8. The van der Waals surface area contributed by atoms with Crippen LogP contribution in [-0.2, 0) is 11.3 Å². The number of amides is 1. The summed E-state index contributed by atoms with van der Waals surface area (Å²) in [5, 5.41) is 3.42. The predicted octanol–water partition coefficient (Wildman–Crippen LogP) is 2.60. The number of nitrogens with zero attached hydrogens (tertiary/aromatic N) is 2. The molecule has 1 unspecified atom stereocenters. The van der Waals surface area contributed by atoms with Gasteiger partial charge in [-0.25, -0.2) is 0 Å². The summed E-state index contributed by atoms with van der Waals surface area (Å²) in [5.41, 5.74) is 0.957. The molecule has 1 aliphatic heterocycles. The maximum absolute atomic E-state index is 12.5. The Morgan fingerprint density at radius 3 is 2.95 bits per heavy atom. The molecule has 1 fully saturated rings. The zero-order valence-electron chi connectivity index (χ0n) is 13.2. The third-order valence-electron chi connectivity index (χ3n) is 4.17. The Kier molecular flexibility index (Phi) is 6.18. The number of hydrogen-bond acceptors (Lipinski definition) is 3. The van der Waals surface area contributed by atoms with Crippen molar-refractivity contribution in [1.82, 2.24) is 15.2 Å². The van der Waals surface area contributed by atoms with E-state index < -0.39 is 0 Å². The summed E-state index contributed by atoms with van der Waals surface area (Å²) >= 11 is 0. The van der Waals surface area contributed by atoms with Crippen LogP contribution in [0.2, 0.25) is 0 Å². The molecule has 1 atom stereocenters. The highest BCUT2D eigenvalue weighted by atomic mass is 16.2. The van der Waals surface area contributed by atoms with Crippen molar-refractivity contribution in [3.8, 4) is 0 Å². The molecule has 21 heavy (non-hydrogen) atoms. The van der Waals surface area contributed by atoms with Crippen molar-refractivity contribution in [2.75, 3.05) is 13.1 Å². The zero-order chi connectivity index (χ0) is 15.1. The highest BCUT2D eigenvalue weighted by molar-refractivity contribution is 5.76. The number of pyridine rings is 1. The number of carbonyl (C=O) groups excluding carboxylic acids is 1. The van der Waals surface area contributed by atoms with Gasteiger partial charge in [0.2, 0.25) is 5.91 Å². The maximum Gasteiger partial charge on any atom is 0.223 e. The normalized spacial score (nSPS) is 18.7. The Morgan fingerprint density at radius 2 is 2.33 bits per heavy atom. The molecule has 0 spiro atoms. The van der Waals surface area contributed by atoms with E-state index in [1.54, 1.807) is 6.20 Å². The molecule has 1 aliphatic rings. The molecule has 0 radical (unpaired) electrons. The molecule has 116 valence electrons. The first-order chi connectivity index (χ1) is 10.2. The number of nitrogens with one attached hydrogen (secondary N) is 1. The van der Waals surface area contributed by atoms with Crippen molar-refractivity contribution in [3.05, 3.63) is 30.1 Å². The summed E-state index contributed by atoms with van der Waals surface area (Å²) in [5.74, 6) is 0.910. The average Bonchev–Trinajstić information content (AvgIpc) is 2.52. The summed E-state index contributed by atoms with van der Waals surface area (Å²) in [6.45, 7) is 6.95. The van der Waals surface area contributed by atoms with Crippen LogP contribution in [0.15, 0.2) is 24.4 Å². The van der Waals surface area contributed by atoms with E-state index in [0.29, 0.717) is 18.9 Å². The van der Waals surface area contributed by atoms with Crippen molar-refractivity contribution < 1.29 is 4.79 Å². The molecule has 2 heterocycles. The van der Waals surface area contributed by atoms with E-state index >= 15 is 0 Å². The van der Waals surface area contributed by atoms with E-state index in [4.69, 9.17) is 0 Å². The fourth-order valence-corrected chi connectivity index (χ4v) is 2.87. The lowest BCUT2D eigenvalue weighted by Crippen LogP contribution is -2.37. The smallest absolute Gasteiger partial charge is 0.223 e. The summed E-state index contributed by atoms with van der Waals surface area (Å²) in [7, 11) is 0. The van der Waals surface area contributed by atoms with E-state index in [-0.39, 0.29) is 11.9 Å². The molecule has 0 aliphatic carbocycles. The Labute approximate surface area is 127 Å². The molecular formula is C17H27N3O. The minimum Gasteiger partial charge on any atom is -0.334 e. The highest BCUT2D eigenvalue weighted by Gasteiger charge is 2.20. The monoisotopic (exact) mass is 289 g/mol. The van der Waals surface area contributed by atoms with Crippen molar-refractivity contribution in [3.63, 3.8) is 0 Å². The molecule has 1 aromatic rings. The predicted molar refractivity (Wildman–Crippen MR) is 84.8 cm³/mol. The van der Waals surface area contributed by atoms with Crippen LogP contribution in [0, 0.1) is 5.92 Å². The van der Waals surface area contributed by atoms with Gasteiger partial charge in [0.15, 0.2) is 0 Å². The Balaban J connectivity index is 1.86. The summed E-state index contributed by atoms with van der Waals surface area (Å²) < 4.78 is 0. The van der Waals surface area contributed by atoms with Crippen LogP contribution in [0.5, 0.6) is 0 Å². The van der Waals surface area contributed by atoms with Gasteiger partial charge >= 0.3 is 0 Å². The fraction of sp³-hybridized carbons (Fsp3) is 0.647. The summed E-state index contributed by atoms with van der Waals surface area (Å²) in [6.07, 6.45) is 5.92. The van der Waals surface area contributed by atoms with Gasteiger partial charge in [-0.2, -0.15) is 0 Å². The average molecular weight is 289 g/mol. The van der Waals surface area contributed by atoms with Gasteiger partial charge in [0.1, 0.15) is 0 Å². The lowest BCUT2D eigenvalue weighted by atomic mass is 9.94. The minimum absolute atomic E-state index is 0.212. The maximum atomic E-state index is 12.5. The van der Waals surface area contributed by atoms with E-state index in [2.05, 4.69) is 24.1 Å². The number of carbonyl (C=O) groups is 1. The van der Waals surface area contributed by atoms with Crippen LogP contribution in [0.3, 0.4) is 0 Å². The van der Waals surface area contributed by atoms with Crippen molar-refractivity contribution in [1.29, 1.82) is 0 Å². The standard InChI is InChI=1S/C17H27N3O/c1-14(2)20(13-16-7-3-4-11-19-16)17(21)9-8-15-6-5-10-18-12-15/h3-4,7,11,14-15,18H,5-6,8-10,12-13H2,1-2H3. The van der Waals surface area contributed by atoms with Crippen LogP contribution < -0.4 is 5.32 Å². The number of piperidine rings is 1. The van der Waals surface area contributed by atoms with Crippen molar-refractivity contribution in [2.24, 2.45) is 5.92 Å². The topological polar surface area (TPSA) is 45.2 Å². The third-order valence-corrected chi connectivity index (χ3v) is 4.17. The van der Waals surface area contributed by atoms with E-state index in [0.717, 1.165) is 25.2 Å². The largest absolute Gasteiger partial charge is 0.334 e. The second-order valence-corrected chi connectivity index (χ2v) is 6.19. The number of rotatable bonds is 6. The first-order valence-electron chi connectivity index (χ1n) is 8.07.